The van der Waals surface area contributed by atoms with Crippen LogP contribution in [0.5, 0.6) is 0 Å². The van der Waals surface area contributed by atoms with E-state index in [0.717, 1.165) is 25.3 Å². The van der Waals surface area contributed by atoms with Crippen LogP contribution >= 0.6 is 12.6 Å². The Morgan fingerprint density at radius 3 is 2.59 bits per heavy atom. The van der Waals surface area contributed by atoms with Gasteiger partial charge >= 0.3 is 0 Å². The lowest BCUT2D eigenvalue weighted by Crippen LogP contribution is -2.24. The molecule has 2 rings (SSSR count). The average Bonchev–Trinajstić information content (AvgIpc) is 2.40. The maximum Gasteiger partial charge on any atom is 0.0445 e. The third-order valence-electron chi connectivity index (χ3n) is 3.08. The molecule has 1 nitrogen and oxygen atoms in total. The molecule has 0 aliphatic heterocycles. The molecule has 2 aromatic rings. The fraction of sp³-hybridized carbons (Fsp3) is 0.333. The van der Waals surface area contributed by atoms with Crippen molar-refractivity contribution in [3.05, 3.63) is 42.5 Å². The van der Waals surface area contributed by atoms with Crippen LogP contribution in [0.1, 0.15) is 13.3 Å². The molecule has 17 heavy (non-hydrogen) atoms. The van der Waals surface area contributed by atoms with Crippen molar-refractivity contribution in [1.29, 1.82) is 0 Å². The van der Waals surface area contributed by atoms with E-state index < -0.39 is 0 Å². The zero-order chi connectivity index (χ0) is 12.1. The van der Waals surface area contributed by atoms with E-state index in [1.807, 2.05) is 0 Å². The molecule has 0 amide bonds. The molecule has 90 valence electrons. The molecule has 0 unspecified atom stereocenters. The second-order valence-corrected chi connectivity index (χ2v) is 4.60. The van der Waals surface area contributed by atoms with Crippen molar-refractivity contribution in [2.24, 2.45) is 0 Å². The molecule has 0 radical (unpaired) electrons. The van der Waals surface area contributed by atoms with Gasteiger partial charge in [-0.2, -0.15) is 12.6 Å². The van der Waals surface area contributed by atoms with E-state index in [2.05, 4.69) is 66.9 Å². The minimum Gasteiger partial charge on any atom is -0.371 e. The van der Waals surface area contributed by atoms with Gasteiger partial charge in [0.1, 0.15) is 0 Å². The van der Waals surface area contributed by atoms with E-state index in [1.165, 1.54) is 16.5 Å². The van der Waals surface area contributed by atoms with Crippen LogP contribution in [0.4, 0.5) is 5.69 Å². The van der Waals surface area contributed by atoms with E-state index in [1.54, 1.807) is 0 Å². The fourth-order valence-electron chi connectivity index (χ4n) is 2.19. The number of fused-ring (bicyclic) bond motifs is 1. The number of thiol groups is 1. The van der Waals surface area contributed by atoms with E-state index in [0.29, 0.717) is 0 Å². The quantitative estimate of drug-likeness (QED) is 0.780. The second kappa shape index (κ2) is 5.97. The lowest BCUT2D eigenvalue weighted by molar-refractivity contribution is 0.801. The third kappa shape index (κ3) is 2.75. The Hall–Kier alpha value is -1.15. The molecular formula is C15H19NS. The predicted octanol–water partition coefficient (Wildman–Crippen LogP) is 3.99. The Morgan fingerprint density at radius 1 is 1.06 bits per heavy atom. The molecule has 0 heterocycles. The summed E-state index contributed by atoms with van der Waals surface area (Å²) in [6.45, 7) is 4.33. The number of nitrogens with zero attached hydrogens (tertiary/aromatic N) is 1. The van der Waals surface area contributed by atoms with Crippen molar-refractivity contribution < 1.29 is 0 Å². The Labute approximate surface area is 109 Å². The normalized spacial score (nSPS) is 10.7. The summed E-state index contributed by atoms with van der Waals surface area (Å²) in [7, 11) is 0. The van der Waals surface area contributed by atoms with Crippen LogP contribution in [0, 0.1) is 0 Å². The van der Waals surface area contributed by atoms with Crippen molar-refractivity contribution >= 4 is 29.1 Å². The predicted molar refractivity (Wildman–Crippen MR) is 80.3 cm³/mol. The van der Waals surface area contributed by atoms with Gasteiger partial charge in [0.05, 0.1) is 0 Å². The van der Waals surface area contributed by atoms with Gasteiger partial charge in [-0.1, -0.05) is 36.4 Å². The molecule has 2 heteroatoms. The molecular weight excluding hydrogens is 226 g/mol. The monoisotopic (exact) mass is 245 g/mol. The Kier molecular flexibility index (Phi) is 4.32. The van der Waals surface area contributed by atoms with Crippen LogP contribution in [-0.2, 0) is 0 Å². The highest BCUT2D eigenvalue weighted by molar-refractivity contribution is 7.80. The minimum atomic E-state index is 0.946. The molecule has 0 atom stereocenters. The standard InChI is InChI=1S/C15H19NS/c1-2-16(11-6-12-17)15-10-5-8-13-7-3-4-9-14(13)15/h3-5,7-10,17H,2,6,11-12H2,1H3. The van der Waals surface area contributed by atoms with Crippen LogP contribution in [0.2, 0.25) is 0 Å². The SMILES string of the molecule is CCN(CCCS)c1cccc2ccccc12. The second-order valence-electron chi connectivity index (χ2n) is 4.16. The van der Waals surface area contributed by atoms with E-state index >= 15 is 0 Å². The van der Waals surface area contributed by atoms with Crippen LogP contribution in [0.25, 0.3) is 10.8 Å². The van der Waals surface area contributed by atoms with Crippen LogP contribution in [0.15, 0.2) is 42.5 Å². The van der Waals surface area contributed by atoms with Crippen molar-refractivity contribution in [2.45, 2.75) is 13.3 Å². The van der Waals surface area contributed by atoms with Crippen LogP contribution in [0.3, 0.4) is 0 Å². The van der Waals surface area contributed by atoms with E-state index in [4.69, 9.17) is 0 Å². The van der Waals surface area contributed by atoms with E-state index in [9.17, 15) is 0 Å². The molecule has 0 saturated carbocycles. The van der Waals surface area contributed by atoms with Gasteiger partial charge in [0.15, 0.2) is 0 Å². The molecule has 0 spiro atoms. The van der Waals surface area contributed by atoms with Gasteiger partial charge in [-0.3, -0.25) is 0 Å². The highest BCUT2D eigenvalue weighted by Crippen LogP contribution is 2.26. The highest BCUT2D eigenvalue weighted by Gasteiger charge is 2.07. The summed E-state index contributed by atoms with van der Waals surface area (Å²) < 4.78 is 0. The topological polar surface area (TPSA) is 3.24 Å². The smallest absolute Gasteiger partial charge is 0.0445 e. The zero-order valence-electron chi connectivity index (χ0n) is 10.3. The molecule has 0 aromatic heterocycles. The summed E-state index contributed by atoms with van der Waals surface area (Å²) in [5, 5.41) is 2.66. The lowest BCUT2D eigenvalue weighted by Gasteiger charge is -2.24. The number of benzene rings is 2. The first-order valence-corrected chi connectivity index (χ1v) is 6.83. The highest BCUT2D eigenvalue weighted by atomic mass is 32.1. The van der Waals surface area contributed by atoms with Crippen LogP contribution in [-0.4, -0.2) is 18.8 Å². The molecule has 0 aliphatic rings. The number of rotatable bonds is 5. The third-order valence-corrected chi connectivity index (χ3v) is 3.39. The number of anilines is 1. The van der Waals surface area contributed by atoms with Crippen LogP contribution < -0.4 is 4.90 Å². The average molecular weight is 245 g/mol. The number of hydrogen-bond donors (Lipinski definition) is 1. The first kappa shape index (κ1) is 12.3. The Balaban J connectivity index is 2.38. The minimum absolute atomic E-state index is 0.946. The van der Waals surface area contributed by atoms with Gasteiger partial charge in [0, 0.05) is 24.2 Å². The van der Waals surface area contributed by atoms with Gasteiger partial charge in [0.2, 0.25) is 0 Å². The van der Waals surface area contributed by atoms with Gasteiger partial charge in [-0.05, 0) is 30.6 Å². The van der Waals surface area contributed by atoms with Crippen molar-refractivity contribution in [2.75, 3.05) is 23.7 Å². The van der Waals surface area contributed by atoms with Crippen molar-refractivity contribution in [3.63, 3.8) is 0 Å². The summed E-state index contributed by atoms with van der Waals surface area (Å²) in [5.74, 6) is 0.946. The molecule has 0 bridgehead atoms. The van der Waals surface area contributed by atoms with Gasteiger partial charge in [-0.25, -0.2) is 0 Å². The Morgan fingerprint density at radius 2 is 1.82 bits per heavy atom. The van der Waals surface area contributed by atoms with Crippen molar-refractivity contribution in [3.8, 4) is 0 Å². The summed E-state index contributed by atoms with van der Waals surface area (Å²) in [5.41, 5.74) is 1.34. The first-order valence-electron chi connectivity index (χ1n) is 6.20. The van der Waals surface area contributed by atoms with Gasteiger partial charge in [-0.15, -0.1) is 0 Å². The molecule has 0 fully saturated rings. The Bertz CT molecular complexity index is 476. The van der Waals surface area contributed by atoms with Gasteiger partial charge < -0.3 is 4.90 Å². The summed E-state index contributed by atoms with van der Waals surface area (Å²) in [6.07, 6.45) is 1.13. The van der Waals surface area contributed by atoms with Gasteiger partial charge in [0.25, 0.3) is 0 Å². The summed E-state index contributed by atoms with van der Waals surface area (Å²) >= 11 is 4.29. The first-order chi connectivity index (χ1) is 8.36. The summed E-state index contributed by atoms with van der Waals surface area (Å²) in [6, 6.07) is 15.1. The van der Waals surface area contributed by atoms with E-state index in [-0.39, 0.29) is 0 Å². The summed E-state index contributed by atoms with van der Waals surface area (Å²) in [4.78, 5) is 2.43. The largest absolute Gasteiger partial charge is 0.371 e. The molecule has 0 saturated heterocycles. The zero-order valence-corrected chi connectivity index (χ0v) is 11.2. The van der Waals surface area contributed by atoms with Crippen molar-refractivity contribution in [1.82, 2.24) is 0 Å². The fourth-order valence-corrected chi connectivity index (χ4v) is 2.34. The lowest BCUT2D eigenvalue weighted by atomic mass is 10.1. The molecule has 0 N–H and O–H groups in total. The molecule has 0 aliphatic carbocycles. The maximum absolute atomic E-state index is 4.29. The molecule has 2 aromatic carbocycles. The maximum atomic E-state index is 4.29. The number of hydrogen-bond acceptors (Lipinski definition) is 2.